The summed E-state index contributed by atoms with van der Waals surface area (Å²) >= 11 is 1.37. The summed E-state index contributed by atoms with van der Waals surface area (Å²) in [5.74, 6) is 1.04. The molecular weight excluding hydrogens is 462 g/mol. The number of aromatic nitrogens is 4. The Balaban J connectivity index is 1.35. The lowest BCUT2D eigenvalue weighted by Gasteiger charge is -2.28. The van der Waals surface area contributed by atoms with Crippen LogP contribution < -0.4 is 0 Å². The summed E-state index contributed by atoms with van der Waals surface area (Å²) in [4.78, 5) is 18.1. The summed E-state index contributed by atoms with van der Waals surface area (Å²) < 4.78 is 31.2. The number of amides is 1. The van der Waals surface area contributed by atoms with Crippen molar-refractivity contribution in [3.63, 3.8) is 0 Å². The van der Waals surface area contributed by atoms with E-state index in [4.69, 9.17) is 4.74 Å². The van der Waals surface area contributed by atoms with Crippen LogP contribution in [-0.4, -0.2) is 82.5 Å². The van der Waals surface area contributed by atoms with Crippen molar-refractivity contribution in [1.29, 1.82) is 0 Å². The molecule has 9 nitrogen and oxygen atoms in total. The minimum absolute atomic E-state index is 0.0239. The van der Waals surface area contributed by atoms with Crippen molar-refractivity contribution in [2.75, 3.05) is 37.5 Å². The van der Waals surface area contributed by atoms with Crippen LogP contribution in [0.25, 0.3) is 22.3 Å². The largest absolute Gasteiger partial charge is 0.383 e. The second-order valence-electron chi connectivity index (χ2n) is 8.58. The van der Waals surface area contributed by atoms with Gasteiger partial charge in [-0.25, -0.2) is 8.42 Å². The monoisotopic (exact) mass is 489 g/mol. The lowest BCUT2D eigenvalue weighted by atomic mass is 10.1. The molecule has 1 aliphatic carbocycles. The first-order chi connectivity index (χ1) is 16.0. The van der Waals surface area contributed by atoms with Gasteiger partial charge in [-0.1, -0.05) is 30.0 Å². The number of methoxy groups -OCH3 is 1. The lowest BCUT2D eigenvalue weighted by molar-refractivity contribution is -0.130. The number of para-hydroxylation sites is 1. The molecule has 1 amide bonds. The van der Waals surface area contributed by atoms with E-state index in [9.17, 15) is 13.2 Å². The Bertz CT molecular complexity index is 1260. The highest BCUT2D eigenvalue weighted by Crippen LogP contribution is 2.42. The van der Waals surface area contributed by atoms with Gasteiger partial charge in [0.1, 0.15) is 0 Å². The predicted molar refractivity (Wildman–Crippen MR) is 127 cm³/mol. The Kier molecular flexibility index (Phi) is 6.19. The number of nitrogens with zero attached hydrogens (tertiary/aromatic N) is 4. The van der Waals surface area contributed by atoms with E-state index in [1.165, 1.54) is 11.8 Å². The van der Waals surface area contributed by atoms with Crippen LogP contribution in [0.15, 0.2) is 35.6 Å². The smallest absolute Gasteiger partial charge is 0.233 e. The fraction of sp³-hybridized carbons (Fsp3) is 0.500. The molecule has 0 bridgehead atoms. The second kappa shape index (κ2) is 9.11. The van der Waals surface area contributed by atoms with Gasteiger partial charge in [0, 0.05) is 48.4 Å². The van der Waals surface area contributed by atoms with Gasteiger partial charge in [-0.2, -0.15) is 0 Å². The second-order valence-corrected chi connectivity index (χ2v) is 11.8. The van der Waals surface area contributed by atoms with Gasteiger partial charge in [0.25, 0.3) is 0 Å². The molecule has 0 spiro atoms. The molecule has 2 aliphatic rings. The Hall–Kier alpha value is -2.37. The number of aromatic amines is 1. The van der Waals surface area contributed by atoms with Gasteiger partial charge < -0.3 is 14.6 Å². The van der Waals surface area contributed by atoms with E-state index in [0.29, 0.717) is 25.6 Å². The number of carbonyl (C=O) groups excluding carboxylic acids is 1. The summed E-state index contributed by atoms with van der Waals surface area (Å²) in [7, 11) is -1.51. The Morgan fingerprint density at radius 3 is 2.82 bits per heavy atom. The minimum atomic E-state index is -3.09. The average molecular weight is 490 g/mol. The molecule has 1 aromatic carbocycles. The van der Waals surface area contributed by atoms with Gasteiger partial charge >= 0.3 is 0 Å². The van der Waals surface area contributed by atoms with Crippen molar-refractivity contribution in [2.24, 2.45) is 0 Å². The van der Waals surface area contributed by atoms with Crippen LogP contribution >= 0.6 is 11.8 Å². The van der Waals surface area contributed by atoms with E-state index in [2.05, 4.69) is 25.8 Å². The molecule has 1 aliphatic heterocycles. The van der Waals surface area contributed by atoms with Gasteiger partial charge in [-0.05, 0) is 25.3 Å². The molecule has 1 atom stereocenters. The zero-order valence-corrected chi connectivity index (χ0v) is 20.1. The molecule has 2 aromatic heterocycles. The number of benzene rings is 1. The highest BCUT2D eigenvalue weighted by atomic mass is 32.2. The third-order valence-corrected chi connectivity index (χ3v) is 8.92. The maximum Gasteiger partial charge on any atom is 0.233 e. The Morgan fingerprint density at radius 1 is 1.27 bits per heavy atom. The van der Waals surface area contributed by atoms with Crippen LogP contribution in [0.4, 0.5) is 0 Å². The van der Waals surface area contributed by atoms with Crippen molar-refractivity contribution in [1.82, 2.24) is 24.6 Å². The number of hydrogen-bond donors (Lipinski definition) is 1. The summed E-state index contributed by atoms with van der Waals surface area (Å²) in [6, 6.07) is 8.14. The minimum Gasteiger partial charge on any atom is -0.383 e. The zero-order chi connectivity index (χ0) is 23.0. The molecule has 3 aromatic rings. The molecule has 0 unspecified atom stereocenters. The average Bonchev–Trinajstić information content (AvgIpc) is 3.24. The topological polar surface area (TPSA) is 110 Å². The molecule has 33 heavy (non-hydrogen) atoms. The van der Waals surface area contributed by atoms with Crippen LogP contribution in [0.3, 0.4) is 0 Å². The highest BCUT2D eigenvalue weighted by molar-refractivity contribution is 7.99. The molecular formula is C22H27N5O4S2. The number of nitrogens with one attached hydrogen (secondary N) is 1. The maximum absolute atomic E-state index is 13.1. The molecule has 1 saturated carbocycles. The number of fused-ring (bicyclic) bond motifs is 1. The molecule has 11 heteroatoms. The fourth-order valence-corrected chi connectivity index (χ4v) is 7.03. The van der Waals surface area contributed by atoms with Gasteiger partial charge in [-0.3, -0.25) is 9.36 Å². The third kappa shape index (κ3) is 4.67. The standard InChI is InChI=1S/C22H27N5O4S2/c1-31-10-9-26(16-8-11-33(29,30)14-16)20(28)13-32-22-25-24-21(27(22)15-6-7-15)18-12-23-19-5-3-2-4-17(18)19/h2-5,12,15-16,23H,6-11,13-14H2,1H3/t16-/m0/s1. The normalized spacial score (nSPS) is 19.8. The van der Waals surface area contributed by atoms with E-state index >= 15 is 0 Å². The summed E-state index contributed by atoms with van der Waals surface area (Å²) in [5, 5.41) is 10.7. The van der Waals surface area contributed by atoms with E-state index < -0.39 is 9.84 Å². The Labute approximate surface area is 196 Å². The van der Waals surface area contributed by atoms with Gasteiger partial charge in [0.2, 0.25) is 5.91 Å². The number of carbonyl (C=O) groups is 1. The van der Waals surface area contributed by atoms with Crippen LogP contribution in [-0.2, 0) is 19.4 Å². The van der Waals surface area contributed by atoms with E-state index in [1.54, 1.807) is 12.0 Å². The number of ether oxygens (including phenoxy) is 1. The number of thioether (sulfide) groups is 1. The van der Waals surface area contributed by atoms with Crippen molar-refractivity contribution in [3.8, 4) is 11.4 Å². The van der Waals surface area contributed by atoms with Crippen molar-refractivity contribution in [3.05, 3.63) is 30.5 Å². The first-order valence-corrected chi connectivity index (χ1v) is 13.9. The summed E-state index contributed by atoms with van der Waals surface area (Å²) in [5.41, 5.74) is 2.04. The van der Waals surface area contributed by atoms with Gasteiger partial charge in [-0.15, -0.1) is 10.2 Å². The number of sulfone groups is 1. The molecule has 176 valence electrons. The number of hydrogen-bond acceptors (Lipinski definition) is 7. The SMILES string of the molecule is COCCN(C(=O)CSc1nnc(-c2c[nH]c3ccccc23)n1C1CC1)[C@H]1CCS(=O)(=O)C1. The Morgan fingerprint density at radius 2 is 2.09 bits per heavy atom. The van der Waals surface area contributed by atoms with Crippen molar-refractivity contribution >= 4 is 38.4 Å². The fourth-order valence-electron chi connectivity index (χ4n) is 4.41. The molecule has 1 saturated heterocycles. The summed E-state index contributed by atoms with van der Waals surface area (Å²) in [6.07, 6.45) is 4.56. The summed E-state index contributed by atoms with van der Waals surface area (Å²) in [6.45, 7) is 0.752. The molecule has 3 heterocycles. The third-order valence-electron chi connectivity index (χ3n) is 6.24. The van der Waals surface area contributed by atoms with E-state index in [0.717, 1.165) is 40.3 Å². The first-order valence-electron chi connectivity index (χ1n) is 11.1. The number of H-pyrrole nitrogens is 1. The quantitative estimate of drug-likeness (QED) is 0.460. The van der Waals surface area contributed by atoms with Crippen LogP contribution in [0.1, 0.15) is 25.3 Å². The van der Waals surface area contributed by atoms with Gasteiger partial charge in [0.05, 0.1) is 23.9 Å². The highest BCUT2D eigenvalue weighted by Gasteiger charge is 2.35. The van der Waals surface area contributed by atoms with Crippen molar-refractivity contribution < 1.29 is 17.9 Å². The van der Waals surface area contributed by atoms with Crippen LogP contribution in [0.2, 0.25) is 0 Å². The number of rotatable bonds is 9. The zero-order valence-electron chi connectivity index (χ0n) is 18.4. The molecule has 2 fully saturated rings. The van der Waals surface area contributed by atoms with E-state index in [-0.39, 0.29) is 29.2 Å². The maximum atomic E-state index is 13.1. The predicted octanol–water partition coefficient (Wildman–Crippen LogP) is 2.52. The van der Waals surface area contributed by atoms with Crippen molar-refractivity contribution in [2.45, 2.75) is 36.5 Å². The van der Waals surface area contributed by atoms with E-state index in [1.807, 2.05) is 24.4 Å². The van der Waals surface area contributed by atoms with Crippen LogP contribution in [0, 0.1) is 0 Å². The lowest BCUT2D eigenvalue weighted by Crippen LogP contribution is -2.44. The molecule has 5 rings (SSSR count). The van der Waals surface area contributed by atoms with Crippen LogP contribution in [0.5, 0.6) is 0 Å². The first kappa shape index (κ1) is 22.4. The molecule has 0 radical (unpaired) electrons. The molecule has 1 N–H and O–H groups in total. The van der Waals surface area contributed by atoms with Gasteiger partial charge in [0.15, 0.2) is 20.8 Å².